The van der Waals surface area contributed by atoms with Crippen LogP contribution in [0.1, 0.15) is 25.7 Å². The summed E-state index contributed by atoms with van der Waals surface area (Å²) in [4.78, 5) is 23.3. The number of allylic oxidation sites excluding steroid dienone is 2. The first kappa shape index (κ1) is 10.6. The Labute approximate surface area is 105 Å². The number of carbonyl (C=O) groups is 2. The molecule has 3 fully saturated rings. The Balaban J connectivity index is 1.85. The van der Waals surface area contributed by atoms with E-state index in [1.54, 1.807) is 0 Å². The molecule has 4 rings (SSSR count). The third-order valence-corrected chi connectivity index (χ3v) is 6.06. The molecule has 0 radical (unpaired) electrons. The summed E-state index contributed by atoms with van der Waals surface area (Å²) in [5, 5.41) is 19.1. The Hall–Kier alpha value is -1.32. The maximum atomic E-state index is 11.8. The highest BCUT2D eigenvalue weighted by Crippen LogP contribution is 2.72. The third-order valence-electron chi connectivity index (χ3n) is 6.06. The van der Waals surface area contributed by atoms with Crippen LogP contribution in [0.5, 0.6) is 0 Å². The molecule has 3 saturated carbocycles. The lowest BCUT2D eigenvalue weighted by Crippen LogP contribution is -2.48. The Morgan fingerprint density at radius 1 is 1.28 bits per heavy atom. The second kappa shape index (κ2) is 2.98. The molecule has 6 atom stereocenters. The molecule has 2 N–H and O–H groups in total. The van der Waals surface area contributed by atoms with Crippen LogP contribution in [0.15, 0.2) is 11.6 Å². The van der Waals surface area contributed by atoms with Crippen LogP contribution in [0.2, 0.25) is 0 Å². The van der Waals surface area contributed by atoms with Crippen LogP contribution in [0, 0.1) is 35.0 Å². The van der Waals surface area contributed by atoms with E-state index in [4.69, 9.17) is 0 Å². The van der Waals surface area contributed by atoms with Crippen molar-refractivity contribution in [1.29, 1.82) is 0 Å². The van der Waals surface area contributed by atoms with Crippen LogP contribution in [-0.2, 0) is 9.59 Å². The van der Waals surface area contributed by atoms with E-state index in [0.717, 1.165) is 12.8 Å². The number of aliphatic carboxylic acids is 2. The quantitative estimate of drug-likeness (QED) is 0.577. The molecule has 0 spiro atoms. The zero-order chi connectivity index (χ0) is 12.7. The SMILES string of the molecule is O=C(O)C1CC2CC1(C(=O)O)C1C3CC=C(C3)C21. The Morgan fingerprint density at radius 2 is 2.06 bits per heavy atom. The van der Waals surface area contributed by atoms with E-state index >= 15 is 0 Å². The van der Waals surface area contributed by atoms with E-state index in [1.165, 1.54) is 5.57 Å². The molecule has 0 saturated heterocycles. The largest absolute Gasteiger partial charge is 0.481 e. The molecule has 0 aliphatic heterocycles. The van der Waals surface area contributed by atoms with Gasteiger partial charge in [-0.1, -0.05) is 11.6 Å². The van der Waals surface area contributed by atoms with E-state index in [2.05, 4.69) is 6.08 Å². The van der Waals surface area contributed by atoms with Gasteiger partial charge in [0.2, 0.25) is 0 Å². The molecule has 4 heteroatoms. The number of rotatable bonds is 2. The minimum absolute atomic E-state index is 0.0925. The zero-order valence-electron chi connectivity index (χ0n) is 10.0. The van der Waals surface area contributed by atoms with Crippen molar-refractivity contribution in [3.05, 3.63) is 11.6 Å². The lowest BCUT2D eigenvalue weighted by atomic mass is 9.61. The number of hydrogen-bond donors (Lipinski definition) is 2. The molecule has 4 bridgehead atoms. The fourth-order valence-electron chi connectivity index (χ4n) is 5.69. The van der Waals surface area contributed by atoms with Crippen LogP contribution in [-0.4, -0.2) is 22.2 Å². The van der Waals surface area contributed by atoms with Gasteiger partial charge in [-0.2, -0.15) is 0 Å². The molecule has 6 unspecified atom stereocenters. The molecule has 96 valence electrons. The molecular weight excluding hydrogens is 232 g/mol. The average molecular weight is 248 g/mol. The highest BCUT2D eigenvalue weighted by molar-refractivity contribution is 5.86. The minimum Gasteiger partial charge on any atom is -0.481 e. The van der Waals surface area contributed by atoms with E-state index in [-0.39, 0.29) is 5.92 Å². The standard InChI is InChI=1S/C14H16O4/c15-12(16)9-4-8-5-14(9,13(17)18)11-7-2-1-6(3-7)10(8)11/h1,7-11H,2-5H2,(H,15,16)(H,17,18). The van der Waals surface area contributed by atoms with Crippen LogP contribution in [0.4, 0.5) is 0 Å². The minimum atomic E-state index is -0.970. The molecule has 4 nitrogen and oxygen atoms in total. The fourth-order valence-corrected chi connectivity index (χ4v) is 5.69. The molecule has 0 aromatic carbocycles. The summed E-state index contributed by atoms with van der Waals surface area (Å²) in [7, 11) is 0. The van der Waals surface area contributed by atoms with Crippen molar-refractivity contribution in [1.82, 2.24) is 0 Å². The Kier molecular flexibility index (Phi) is 1.75. The van der Waals surface area contributed by atoms with Gasteiger partial charge in [0.15, 0.2) is 0 Å². The van der Waals surface area contributed by atoms with Crippen LogP contribution in [0.3, 0.4) is 0 Å². The van der Waals surface area contributed by atoms with Gasteiger partial charge < -0.3 is 10.2 Å². The molecule has 0 aromatic rings. The second-order valence-electron chi connectivity index (χ2n) is 6.47. The lowest BCUT2D eigenvalue weighted by molar-refractivity contribution is -0.167. The van der Waals surface area contributed by atoms with Crippen molar-refractivity contribution in [2.75, 3.05) is 0 Å². The van der Waals surface area contributed by atoms with Crippen molar-refractivity contribution >= 4 is 11.9 Å². The molecule has 0 heterocycles. The van der Waals surface area contributed by atoms with Crippen LogP contribution < -0.4 is 0 Å². The van der Waals surface area contributed by atoms with Gasteiger partial charge >= 0.3 is 11.9 Å². The first-order valence-electron chi connectivity index (χ1n) is 6.71. The maximum absolute atomic E-state index is 11.8. The Morgan fingerprint density at radius 3 is 2.72 bits per heavy atom. The summed E-state index contributed by atoms with van der Waals surface area (Å²) < 4.78 is 0. The normalized spacial score (nSPS) is 51.3. The number of carboxylic acids is 2. The maximum Gasteiger partial charge on any atom is 0.310 e. The summed E-state index contributed by atoms with van der Waals surface area (Å²) in [5.74, 6) is -1.27. The highest BCUT2D eigenvalue weighted by Gasteiger charge is 2.72. The predicted octanol–water partition coefficient (Wildman–Crippen LogP) is 1.76. The summed E-state index contributed by atoms with van der Waals surface area (Å²) in [6.45, 7) is 0. The molecule has 4 aliphatic rings. The van der Waals surface area contributed by atoms with Crippen molar-refractivity contribution in [3.8, 4) is 0 Å². The smallest absolute Gasteiger partial charge is 0.310 e. The van der Waals surface area contributed by atoms with Gasteiger partial charge in [0.1, 0.15) is 0 Å². The van der Waals surface area contributed by atoms with Gasteiger partial charge in [0.25, 0.3) is 0 Å². The molecule has 0 aromatic heterocycles. The number of carboxylic acid groups (broad SMARTS) is 2. The van der Waals surface area contributed by atoms with E-state index in [1.807, 2.05) is 0 Å². The third kappa shape index (κ3) is 0.919. The second-order valence-corrected chi connectivity index (χ2v) is 6.47. The molecular formula is C14H16O4. The van der Waals surface area contributed by atoms with Crippen LogP contribution >= 0.6 is 0 Å². The van der Waals surface area contributed by atoms with Crippen molar-refractivity contribution < 1.29 is 19.8 Å². The van der Waals surface area contributed by atoms with E-state index in [0.29, 0.717) is 30.6 Å². The summed E-state index contributed by atoms with van der Waals surface area (Å²) >= 11 is 0. The summed E-state index contributed by atoms with van der Waals surface area (Å²) in [6, 6.07) is 0. The highest BCUT2D eigenvalue weighted by atomic mass is 16.4. The van der Waals surface area contributed by atoms with Gasteiger partial charge in [0.05, 0.1) is 11.3 Å². The topological polar surface area (TPSA) is 74.6 Å². The molecule has 0 amide bonds. The average Bonchev–Trinajstić information content (AvgIpc) is 3.05. The first-order valence-corrected chi connectivity index (χ1v) is 6.71. The van der Waals surface area contributed by atoms with Crippen LogP contribution in [0.25, 0.3) is 0 Å². The van der Waals surface area contributed by atoms with Gasteiger partial charge in [-0.05, 0) is 49.4 Å². The zero-order valence-corrected chi connectivity index (χ0v) is 10.0. The summed E-state index contributed by atoms with van der Waals surface area (Å²) in [6.07, 6.45) is 5.41. The van der Waals surface area contributed by atoms with Crippen molar-refractivity contribution in [2.45, 2.75) is 25.7 Å². The van der Waals surface area contributed by atoms with E-state index < -0.39 is 23.3 Å². The van der Waals surface area contributed by atoms with Gasteiger partial charge in [-0.25, -0.2) is 0 Å². The van der Waals surface area contributed by atoms with Crippen molar-refractivity contribution in [2.24, 2.45) is 35.0 Å². The first-order chi connectivity index (χ1) is 8.55. The monoisotopic (exact) mass is 248 g/mol. The molecule has 4 aliphatic carbocycles. The predicted molar refractivity (Wildman–Crippen MR) is 61.7 cm³/mol. The Bertz CT molecular complexity index is 494. The van der Waals surface area contributed by atoms with E-state index in [9.17, 15) is 19.8 Å². The van der Waals surface area contributed by atoms with Crippen molar-refractivity contribution in [3.63, 3.8) is 0 Å². The number of fused-ring (bicyclic) bond motifs is 9. The van der Waals surface area contributed by atoms with Gasteiger partial charge in [0, 0.05) is 0 Å². The van der Waals surface area contributed by atoms with Gasteiger partial charge in [-0.15, -0.1) is 0 Å². The molecule has 18 heavy (non-hydrogen) atoms. The van der Waals surface area contributed by atoms with Gasteiger partial charge in [-0.3, -0.25) is 9.59 Å². The summed E-state index contributed by atoms with van der Waals surface area (Å²) in [5.41, 5.74) is 0.462. The fraction of sp³-hybridized carbons (Fsp3) is 0.714. The lowest BCUT2D eigenvalue weighted by Gasteiger charge is -2.40. The number of hydrogen-bond acceptors (Lipinski definition) is 2.